The van der Waals surface area contributed by atoms with Gasteiger partial charge in [-0.05, 0) is 17.8 Å². The molecule has 0 aromatic rings. The van der Waals surface area contributed by atoms with Gasteiger partial charge in [0.05, 0.1) is 19.1 Å². The van der Waals surface area contributed by atoms with Crippen molar-refractivity contribution in [2.75, 3.05) is 13.2 Å². The molecule has 0 aromatic carbocycles. The summed E-state index contributed by atoms with van der Waals surface area (Å²) in [4.78, 5) is 18.1. The number of hydrogen-bond donors (Lipinski definition) is 3. The maximum absolute atomic E-state index is 10.3. The molecule has 0 aliphatic carbocycles. The molecule has 0 spiro atoms. The van der Waals surface area contributed by atoms with Gasteiger partial charge in [0, 0.05) is 0 Å². The van der Waals surface area contributed by atoms with Crippen LogP contribution >= 0.6 is 0 Å². The quantitative estimate of drug-likeness (QED) is 0.484. The van der Waals surface area contributed by atoms with Crippen LogP contribution in [0.1, 0.15) is 41.0 Å². The molecule has 0 rings (SSSR count). The predicted molar refractivity (Wildman–Crippen MR) is 67.2 cm³/mol. The van der Waals surface area contributed by atoms with Crippen molar-refractivity contribution < 1.29 is 30.2 Å². The van der Waals surface area contributed by atoms with E-state index in [1.807, 2.05) is 13.8 Å². The Morgan fingerprint density at radius 3 is 1.94 bits per heavy atom. The van der Waals surface area contributed by atoms with Gasteiger partial charge in [0.15, 0.2) is 0 Å². The van der Waals surface area contributed by atoms with E-state index in [1.165, 1.54) is 0 Å². The molecule has 0 saturated heterocycles. The molecule has 0 saturated carbocycles. The highest BCUT2D eigenvalue weighted by molar-refractivity contribution is 5.69. The van der Waals surface area contributed by atoms with Crippen molar-refractivity contribution in [1.82, 2.24) is 0 Å². The van der Waals surface area contributed by atoms with Gasteiger partial charge >= 0.3 is 5.97 Å². The zero-order chi connectivity index (χ0) is 14.8. The third kappa shape index (κ3) is 10.5. The third-order valence-corrected chi connectivity index (χ3v) is 2.99. The van der Waals surface area contributed by atoms with Crippen molar-refractivity contribution in [3.05, 3.63) is 0 Å². The van der Waals surface area contributed by atoms with E-state index in [2.05, 4.69) is 16.7 Å². The molecule has 6 heteroatoms. The summed E-state index contributed by atoms with van der Waals surface area (Å²) in [5.74, 6) is -1.51. The highest BCUT2D eigenvalue weighted by Gasteiger charge is 2.19. The Bertz CT molecular complexity index is 217. The van der Waals surface area contributed by atoms with Gasteiger partial charge < -0.3 is 5.11 Å². The molecule has 0 amide bonds. The first-order chi connectivity index (χ1) is 8.21. The largest absolute Gasteiger partial charge is 0.481 e. The topological polar surface area (TPSA) is 96.2 Å². The van der Waals surface area contributed by atoms with Crippen molar-refractivity contribution in [3.8, 4) is 0 Å². The number of rotatable bonds is 7. The summed E-state index contributed by atoms with van der Waals surface area (Å²) in [6.07, 6.45) is 1.02. The average molecular weight is 266 g/mol. The fourth-order valence-corrected chi connectivity index (χ4v) is 0.782. The highest BCUT2D eigenvalue weighted by atomic mass is 17.1. The third-order valence-electron chi connectivity index (χ3n) is 2.99. The van der Waals surface area contributed by atoms with Crippen LogP contribution in [-0.4, -0.2) is 34.8 Å². The molecule has 0 heterocycles. The molecule has 0 bridgehead atoms. The molecule has 2 atom stereocenters. The predicted octanol–water partition coefficient (Wildman–Crippen LogP) is 2.75. The van der Waals surface area contributed by atoms with Crippen molar-refractivity contribution >= 4 is 5.97 Å². The lowest BCUT2D eigenvalue weighted by Gasteiger charge is -2.18. The summed E-state index contributed by atoms with van der Waals surface area (Å²) >= 11 is 0. The lowest BCUT2D eigenvalue weighted by atomic mass is 9.92. The van der Waals surface area contributed by atoms with Crippen LogP contribution in [0.4, 0.5) is 0 Å². The van der Waals surface area contributed by atoms with Gasteiger partial charge in [0.25, 0.3) is 0 Å². The van der Waals surface area contributed by atoms with E-state index in [4.69, 9.17) is 15.6 Å². The van der Waals surface area contributed by atoms with Gasteiger partial charge in [0.2, 0.25) is 0 Å². The van der Waals surface area contributed by atoms with Gasteiger partial charge in [-0.15, -0.1) is 0 Å². The van der Waals surface area contributed by atoms with Crippen molar-refractivity contribution in [3.63, 3.8) is 0 Å². The number of carboxylic acids is 1. The lowest BCUT2D eigenvalue weighted by Crippen LogP contribution is -2.21. The maximum Gasteiger partial charge on any atom is 0.306 e. The Morgan fingerprint density at radius 2 is 1.72 bits per heavy atom. The monoisotopic (exact) mass is 266 g/mol. The van der Waals surface area contributed by atoms with E-state index in [0.29, 0.717) is 6.61 Å². The number of hydrogen-bond acceptors (Lipinski definition) is 5. The zero-order valence-corrected chi connectivity index (χ0v) is 11.8. The Balaban J connectivity index is 0. The van der Waals surface area contributed by atoms with Crippen LogP contribution in [0.5, 0.6) is 0 Å². The Morgan fingerprint density at radius 1 is 1.22 bits per heavy atom. The van der Waals surface area contributed by atoms with E-state index in [0.717, 1.165) is 6.42 Å². The van der Waals surface area contributed by atoms with Crippen LogP contribution in [0.25, 0.3) is 0 Å². The van der Waals surface area contributed by atoms with Crippen LogP contribution in [-0.2, 0) is 14.6 Å². The van der Waals surface area contributed by atoms with E-state index < -0.39 is 11.9 Å². The second kappa shape index (κ2) is 10.3. The van der Waals surface area contributed by atoms with Crippen molar-refractivity contribution in [1.29, 1.82) is 0 Å². The fraction of sp³-hybridized carbons (Fsp3) is 0.917. The van der Waals surface area contributed by atoms with Gasteiger partial charge in [-0.1, -0.05) is 34.6 Å². The first-order valence-electron chi connectivity index (χ1n) is 5.97. The molecule has 18 heavy (non-hydrogen) atoms. The number of aliphatic carboxylic acids is 1. The second-order valence-electron chi connectivity index (χ2n) is 5.19. The molecular weight excluding hydrogens is 240 g/mol. The fourth-order valence-electron chi connectivity index (χ4n) is 0.782. The molecule has 0 aromatic heterocycles. The Labute approximate surface area is 108 Å². The summed E-state index contributed by atoms with van der Waals surface area (Å²) in [7, 11) is 0. The summed E-state index contributed by atoms with van der Waals surface area (Å²) in [6.45, 7) is 9.92. The van der Waals surface area contributed by atoms with Crippen LogP contribution < -0.4 is 0 Å². The molecule has 6 nitrogen and oxygen atoms in total. The van der Waals surface area contributed by atoms with E-state index in [9.17, 15) is 4.79 Å². The molecule has 110 valence electrons. The van der Waals surface area contributed by atoms with Gasteiger partial charge in [-0.2, -0.15) is 0 Å². The van der Waals surface area contributed by atoms with Crippen molar-refractivity contribution in [2.45, 2.75) is 41.0 Å². The van der Waals surface area contributed by atoms with E-state index in [-0.39, 0.29) is 17.9 Å². The van der Waals surface area contributed by atoms with Gasteiger partial charge in [-0.25, -0.2) is 9.78 Å². The molecule has 3 N–H and O–H groups in total. The standard InChI is InChI=1S/C6H12O4.C6H14O2/c1-4(3-10-9)5(2)6(7)8;1-4-6(2,3)5-8-7/h4-5,9H,3H2,1-2H3,(H,7,8);7H,4-5H2,1-3H3. The smallest absolute Gasteiger partial charge is 0.306 e. The van der Waals surface area contributed by atoms with Crippen LogP contribution in [0, 0.1) is 17.3 Å². The highest BCUT2D eigenvalue weighted by Crippen LogP contribution is 2.18. The van der Waals surface area contributed by atoms with Crippen LogP contribution in [0.15, 0.2) is 0 Å². The minimum Gasteiger partial charge on any atom is -0.481 e. The summed E-state index contributed by atoms with van der Waals surface area (Å²) < 4.78 is 0. The molecule has 0 aliphatic heterocycles. The van der Waals surface area contributed by atoms with Gasteiger partial charge in [0.1, 0.15) is 0 Å². The maximum atomic E-state index is 10.3. The SMILES string of the molecule is CC(COO)C(C)C(=O)O.CCC(C)(C)COO. The van der Waals surface area contributed by atoms with Crippen LogP contribution in [0.2, 0.25) is 0 Å². The molecule has 0 aliphatic rings. The first kappa shape index (κ1) is 19.6. The Hall–Kier alpha value is -0.690. The lowest BCUT2D eigenvalue weighted by molar-refractivity contribution is -0.259. The van der Waals surface area contributed by atoms with E-state index in [1.54, 1.807) is 13.8 Å². The van der Waals surface area contributed by atoms with Gasteiger partial charge in [-0.3, -0.25) is 15.3 Å². The molecule has 0 fully saturated rings. The van der Waals surface area contributed by atoms with Crippen molar-refractivity contribution in [2.24, 2.45) is 17.3 Å². The molecule has 2 unspecified atom stereocenters. The summed E-state index contributed by atoms with van der Waals surface area (Å²) in [5, 5.41) is 24.4. The Kier molecular flexibility index (Phi) is 11.2. The molecular formula is C12H26O6. The number of carbonyl (C=O) groups is 1. The average Bonchev–Trinajstić information content (AvgIpc) is 2.29. The zero-order valence-electron chi connectivity index (χ0n) is 11.8. The van der Waals surface area contributed by atoms with E-state index >= 15 is 0 Å². The number of carboxylic acid groups (broad SMARTS) is 1. The van der Waals surface area contributed by atoms with Crippen LogP contribution in [0.3, 0.4) is 0 Å². The molecule has 0 radical (unpaired) electrons. The second-order valence-corrected chi connectivity index (χ2v) is 5.19. The minimum absolute atomic E-state index is 0.0630. The summed E-state index contributed by atoms with van der Waals surface area (Å²) in [6, 6.07) is 0. The first-order valence-corrected chi connectivity index (χ1v) is 5.97. The normalized spacial score (nSPS) is 14.4. The summed E-state index contributed by atoms with van der Waals surface area (Å²) in [5.41, 5.74) is 0.120. The minimum atomic E-state index is -0.871.